The Morgan fingerprint density at radius 3 is 2.79 bits per heavy atom. The molecule has 6 nitrogen and oxygen atoms in total. The quantitative estimate of drug-likeness (QED) is 0.844. The van der Waals surface area contributed by atoms with E-state index in [1.165, 1.54) is 0 Å². The minimum Gasteiger partial charge on any atom is -0.486 e. The van der Waals surface area contributed by atoms with Gasteiger partial charge in [0.05, 0.1) is 17.3 Å². The van der Waals surface area contributed by atoms with Crippen molar-refractivity contribution >= 4 is 5.91 Å². The number of nitrogens with zero attached hydrogens (tertiary/aromatic N) is 3. The van der Waals surface area contributed by atoms with E-state index in [1.807, 2.05) is 50.1 Å². The van der Waals surface area contributed by atoms with Crippen LogP contribution in [0.4, 0.5) is 0 Å². The number of ether oxygens (including phenoxy) is 1. The molecule has 2 aliphatic rings. The molecule has 4 rings (SSSR count). The predicted octanol–water partition coefficient (Wildman–Crippen LogP) is 2.01. The van der Waals surface area contributed by atoms with Crippen molar-refractivity contribution < 1.29 is 14.1 Å². The van der Waals surface area contributed by atoms with Gasteiger partial charge in [-0.15, -0.1) is 0 Å². The van der Waals surface area contributed by atoms with Crippen LogP contribution in [0.2, 0.25) is 0 Å². The Balaban J connectivity index is 1.58. The molecule has 1 aromatic carbocycles. The third kappa shape index (κ3) is 2.38. The molecule has 2 aromatic rings. The maximum absolute atomic E-state index is 12.7. The number of hydrogen-bond donors (Lipinski definition) is 0. The summed E-state index contributed by atoms with van der Waals surface area (Å²) in [7, 11) is 1.87. The molecule has 0 saturated carbocycles. The van der Waals surface area contributed by atoms with Gasteiger partial charge in [-0.1, -0.05) is 17.3 Å². The van der Waals surface area contributed by atoms with Crippen LogP contribution in [0.5, 0.6) is 5.75 Å². The Bertz CT molecular complexity index is 766. The highest BCUT2D eigenvalue weighted by Gasteiger charge is 2.42. The number of aryl methyl sites for hydroxylation is 2. The van der Waals surface area contributed by atoms with E-state index in [0.29, 0.717) is 11.3 Å². The van der Waals surface area contributed by atoms with Gasteiger partial charge in [0, 0.05) is 32.2 Å². The van der Waals surface area contributed by atoms with Gasteiger partial charge < -0.3 is 14.2 Å². The zero-order valence-electron chi connectivity index (χ0n) is 14.2. The summed E-state index contributed by atoms with van der Waals surface area (Å²) < 4.78 is 11.4. The van der Waals surface area contributed by atoms with Crippen molar-refractivity contribution in [3.05, 3.63) is 46.8 Å². The minimum atomic E-state index is -0.0249. The van der Waals surface area contributed by atoms with E-state index in [-0.39, 0.29) is 18.1 Å². The smallest absolute Gasteiger partial charge is 0.257 e. The molecule has 0 aliphatic carbocycles. The summed E-state index contributed by atoms with van der Waals surface area (Å²) in [6, 6.07) is 7.53. The first-order valence-corrected chi connectivity index (χ1v) is 8.21. The molecule has 2 unspecified atom stereocenters. The second kappa shape index (κ2) is 5.63. The lowest BCUT2D eigenvalue weighted by Crippen LogP contribution is -2.44. The van der Waals surface area contributed by atoms with E-state index in [2.05, 4.69) is 10.1 Å². The van der Waals surface area contributed by atoms with E-state index >= 15 is 0 Å². The average molecular weight is 327 g/mol. The molecular weight excluding hydrogens is 306 g/mol. The number of benzene rings is 1. The second-order valence-electron chi connectivity index (χ2n) is 6.63. The fourth-order valence-corrected chi connectivity index (χ4v) is 3.65. The molecule has 0 bridgehead atoms. The van der Waals surface area contributed by atoms with Crippen LogP contribution in [0.3, 0.4) is 0 Å². The third-order valence-corrected chi connectivity index (χ3v) is 5.09. The van der Waals surface area contributed by atoms with Crippen molar-refractivity contribution in [1.82, 2.24) is 15.0 Å². The van der Waals surface area contributed by atoms with Gasteiger partial charge in [0.1, 0.15) is 17.6 Å². The Hall–Kier alpha value is -2.34. The molecule has 0 spiro atoms. The second-order valence-corrected chi connectivity index (χ2v) is 6.63. The van der Waals surface area contributed by atoms with Crippen LogP contribution in [-0.4, -0.2) is 53.1 Å². The van der Waals surface area contributed by atoms with Gasteiger partial charge >= 0.3 is 0 Å². The van der Waals surface area contributed by atoms with Crippen LogP contribution in [-0.2, 0) is 6.54 Å². The summed E-state index contributed by atoms with van der Waals surface area (Å²) in [6.45, 7) is 6.22. The molecule has 1 amide bonds. The Morgan fingerprint density at radius 1 is 1.25 bits per heavy atom. The first-order chi connectivity index (χ1) is 11.5. The zero-order valence-corrected chi connectivity index (χ0v) is 14.2. The van der Waals surface area contributed by atoms with Crippen molar-refractivity contribution in [2.75, 3.05) is 20.1 Å². The van der Waals surface area contributed by atoms with E-state index in [1.54, 1.807) is 0 Å². The lowest BCUT2D eigenvalue weighted by atomic mass is 10.1. The number of likely N-dealkylation sites (N-methyl/N-ethyl adjacent to an activating group) is 1. The normalized spacial score (nSPS) is 23.6. The summed E-state index contributed by atoms with van der Waals surface area (Å²) >= 11 is 0. The van der Waals surface area contributed by atoms with Crippen molar-refractivity contribution in [3.8, 4) is 5.75 Å². The van der Waals surface area contributed by atoms with Gasteiger partial charge in [0.2, 0.25) is 0 Å². The number of carbonyl (C=O) groups is 1. The van der Waals surface area contributed by atoms with E-state index in [9.17, 15) is 4.79 Å². The molecular formula is C18H21N3O3. The van der Waals surface area contributed by atoms with Gasteiger partial charge in [0.15, 0.2) is 0 Å². The number of amides is 1. The van der Waals surface area contributed by atoms with Crippen LogP contribution >= 0.6 is 0 Å². The first-order valence-electron chi connectivity index (χ1n) is 8.21. The highest BCUT2D eigenvalue weighted by Crippen LogP contribution is 2.31. The number of para-hydroxylation sites is 1. The van der Waals surface area contributed by atoms with Gasteiger partial charge in [-0.05, 0) is 26.0 Å². The van der Waals surface area contributed by atoms with Gasteiger partial charge in [-0.25, -0.2) is 0 Å². The molecule has 126 valence electrons. The van der Waals surface area contributed by atoms with E-state index in [0.717, 1.165) is 36.7 Å². The van der Waals surface area contributed by atoms with Crippen LogP contribution < -0.4 is 4.74 Å². The SMILES string of the molecule is Cc1noc(C)c1CN1CC2Oc3ccccc3C(=O)N(C)C2C1. The average Bonchev–Trinajstić information content (AvgIpc) is 3.09. The highest BCUT2D eigenvalue weighted by atomic mass is 16.5. The standard InChI is InChI=1S/C18H21N3O3/c1-11-14(12(2)24-19-11)8-21-9-15-17(10-21)23-16-7-5-4-6-13(16)18(22)20(15)3/h4-7,15,17H,8-10H2,1-3H3. The molecule has 1 fully saturated rings. The number of carbonyl (C=O) groups excluding carboxylic acids is 1. The Labute approximate surface area is 141 Å². The van der Waals surface area contributed by atoms with Gasteiger partial charge in [0.25, 0.3) is 5.91 Å². The molecule has 2 atom stereocenters. The number of aromatic nitrogens is 1. The monoisotopic (exact) mass is 327 g/mol. The molecule has 6 heteroatoms. The Morgan fingerprint density at radius 2 is 2.04 bits per heavy atom. The fourth-order valence-electron chi connectivity index (χ4n) is 3.65. The van der Waals surface area contributed by atoms with Crippen LogP contribution in [0.15, 0.2) is 28.8 Å². The molecule has 2 aliphatic heterocycles. The molecule has 0 N–H and O–H groups in total. The lowest BCUT2D eigenvalue weighted by Gasteiger charge is -2.25. The maximum atomic E-state index is 12.7. The topological polar surface area (TPSA) is 58.8 Å². The molecule has 0 radical (unpaired) electrons. The van der Waals surface area contributed by atoms with Crippen LogP contribution in [0.1, 0.15) is 27.4 Å². The summed E-state index contributed by atoms with van der Waals surface area (Å²) in [5.74, 6) is 1.56. The summed E-state index contributed by atoms with van der Waals surface area (Å²) in [5, 5.41) is 4.02. The van der Waals surface area contributed by atoms with Crippen molar-refractivity contribution in [2.24, 2.45) is 0 Å². The summed E-state index contributed by atoms with van der Waals surface area (Å²) in [5.41, 5.74) is 2.70. The molecule has 3 heterocycles. The minimum absolute atomic E-state index is 0.0249. The van der Waals surface area contributed by atoms with E-state index in [4.69, 9.17) is 9.26 Å². The van der Waals surface area contributed by atoms with Gasteiger partial charge in [-0.2, -0.15) is 0 Å². The number of hydrogen-bond acceptors (Lipinski definition) is 5. The number of rotatable bonds is 2. The Kier molecular flexibility index (Phi) is 3.57. The largest absolute Gasteiger partial charge is 0.486 e. The molecule has 1 aromatic heterocycles. The predicted molar refractivity (Wildman–Crippen MR) is 88.0 cm³/mol. The van der Waals surface area contributed by atoms with Crippen LogP contribution in [0, 0.1) is 13.8 Å². The van der Waals surface area contributed by atoms with Crippen molar-refractivity contribution in [1.29, 1.82) is 0 Å². The highest BCUT2D eigenvalue weighted by molar-refractivity contribution is 5.97. The van der Waals surface area contributed by atoms with Crippen molar-refractivity contribution in [3.63, 3.8) is 0 Å². The number of fused-ring (bicyclic) bond motifs is 2. The van der Waals surface area contributed by atoms with Crippen LogP contribution in [0.25, 0.3) is 0 Å². The third-order valence-electron chi connectivity index (χ3n) is 5.09. The summed E-state index contributed by atoms with van der Waals surface area (Å²) in [6.07, 6.45) is -0.0249. The zero-order chi connectivity index (χ0) is 16.8. The van der Waals surface area contributed by atoms with Gasteiger partial charge in [-0.3, -0.25) is 9.69 Å². The van der Waals surface area contributed by atoms with E-state index < -0.39 is 0 Å². The number of likely N-dealkylation sites (tertiary alicyclic amines) is 1. The first kappa shape index (κ1) is 15.2. The maximum Gasteiger partial charge on any atom is 0.257 e. The fraction of sp³-hybridized carbons (Fsp3) is 0.444. The lowest BCUT2D eigenvalue weighted by molar-refractivity contribution is 0.0682. The molecule has 1 saturated heterocycles. The summed E-state index contributed by atoms with van der Waals surface area (Å²) in [4.78, 5) is 16.8. The van der Waals surface area contributed by atoms with Crippen molar-refractivity contribution in [2.45, 2.75) is 32.5 Å². The molecule has 24 heavy (non-hydrogen) atoms.